The molecule has 0 unspecified atom stereocenters. The van der Waals surface area contributed by atoms with E-state index in [1.54, 1.807) is 0 Å². The van der Waals surface area contributed by atoms with Gasteiger partial charge in [0.2, 0.25) is 5.91 Å². The Balaban J connectivity index is 1.82. The van der Waals surface area contributed by atoms with E-state index in [0.29, 0.717) is 18.9 Å². The molecule has 0 radical (unpaired) electrons. The Kier molecular flexibility index (Phi) is 4.01. The van der Waals surface area contributed by atoms with Gasteiger partial charge in [-0.25, -0.2) is 0 Å². The summed E-state index contributed by atoms with van der Waals surface area (Å²) in [6, 6.07) is 0.190. The van der Waals surface area contributed by atoms with Gasteiger partial charge in [-0.2, -0.15) is 0 Å². The van der Waals surface area contributed by atoms with Gasteiger partial charge in [-0.05, 0) is 32.6 Å². The number of rotatable bonds is 4. The molecule has 1 amide bonds. The lowest BCUT2D eigenvalue weighted by Crippen LogP contribution is -2.31. The number of nitrogens with one attached hydrogen (secondary N) is 1. The zero-order valence-electron chi connectivity index (χ0n) is 11.0. The lowest BCUT2D eigenvalue weighted by Gasteiger charge is -2.14. The zero-order valence-corrected chi connectivity index (χ0v) is 11.0. The van der Waals surface area contributed by atoms with E-state index in [4.69, 9.17) is 10.3 Å². The summed E-state index contributed by atoms with van der Waals surface area (Å²) in [6.07, 6.45) is 3.79. The van der Waals surface area contributed by atoms with Gasteiger partial charge in [-0.1, -0.05) is 11.6 Å². The molecular weight excluding hydrogens is 230 g/mol. The second-order valence-electron chi connectivity index (χ2n) is 5.14. The van der Waals surface area contributed by atoms with Crippen molar-refractivity contribution in [3.8, 4) is 0 Å². The molecule has 1 aliphatic carbocycles. The molecule has 1 heterocycles. The lowest BCUT2D eigenvalue weighted by atomic mass is 10.00. The van der Waals surface area contributed by atoms with Gasteiger partial charge >= 0.3 is 0 Å². The maximum absolute atomic E-state index is 11.8. The molecule has 2 atom stereocenters. The largest absolute Gasteiger partial charge is 0.361 e. The van der Waals surface area contributed by atoms with Crippen LogP contribution in [0.4, 0.5) is 0 Å². The first kappa shape index (κ1) is 13.1. The predicted octanol–water partition coefficient (Wildman–Crippen LogP) is 1.43. The normalized spacial score (nSPS) is 23.3. The molecule has 0 aromatic carbocycles. The molecule has 1 saturated carbocycles. The fourth-order valence-electron chi connectivity index (χ4n) is 2.57. The van der Waals surface area contributed by atoms with Crippen LogP contribution in [0.1, 0.15) is 42.7 Å². The summed E-state index contributed by atoms with van der Waals surface area (Å²) < 4.78 is 5.06. The van der Waals surface area contributed by atoms with Crippen LogP contribution in [0.5, 0.6) is 0 Å². The Hall–Kier alpha value is -1.36. The molecule has 1 fully saturated rings. The highest BCUT2D eigenvalue weighted by molar-refractivity contribution is 5.76. The summed E-state index contributed by atoms with van der Waals surface area (Å²) >= 11 is 0. The van der Waals surface area contributed by atoms with E-state index < -0.39 is 0 Å². The van der Waals surface area contributed by atoms with Crippen molar-refractivity contribution in [2.45, 2.75) is 52.1 Å². The van der Waals surface area contributed by atoms with Crippen LogP contribution in [0, 0.1) is 19.8 Å². The van der Waals surface area contributed by atoms with Crippen LogP contribution in [0.25, 0.3) is 0 Å². The van der Waals surface area contributed by atoms with Crippen molar-refractivity contribution in [2.24, 2.45) is 11.7 Å². The van der Waals surface area contributed by atoms with Crippen molar-refractivity contribution in [1.82, 2.24) is 10.5 Å². The standard InChI is InChI=1S/C13H21N3O2/c1-8-11(9(2)18-16-8)7-15-13(17)6-10-4-3-5-12(10)14/h10,12H,3-7,14H2,1-2H3,(H,15,17)/t10-,12+/m0/s1. The third-order valence-corrected chi connectivity index (χ3v) is 3.81. The Morgan fingerprint density at radius 1 is 1.50 bits per heavy atom. The van der Waals surface area contributed by atoms with Crippen LogP contribution in [-0.2, 0) is 11.3 Å². The van der Waals surface area contributed by atoms with E-state index >= 15 is 0 Å². The first-order valence-electron chi connectivity index (χ1n) is 6.52. The average Bonchev–Trinajstić information content (AvgIpc) is 2.85. The van der Waals surface area contributed by atoms with E-state index in [1.165, 1.54) is 0 Å². The summed E-state index contributed by atoms with van der Waals surface area (Å²) in [4.78, 5) is 11.8. The van der Waals surface area contributed by atoms with Gasteiger partial charge in [0.05, 0.1) is 5.69 Å². The molecule has 100 valence electrons. The highest BCUT2D eigenvalue weighted by Gasteiger charge is 2.26. The molecule has 1 aromatic rings. The van der Waals surface area contributed by atoms with Crippen molar-refractivity contribution >= 4 is 5.91 Å². The number of carbonyl (C=O) groups excluding carboxylic acids is 1. The van der Waals surface area contributed by atoms with Crippen molar-refractivity contribution in [3.63, 3.8) is 0 Å². The van der Waals surface area contributed by atoms with E-state index in [2.05, 4.69) is 10.5 Å². The quantitative estimate of drug-likeness (QED) is 0.848. The monoisotopic (exact) mass is 251 g/mol. The first-order chi connectivity index (χ1) is 8.58. The fourth-order valence-corrected chi connectivity index (χ4v) is 2.57. The molecule has 1 aliphatic rings. The summed E-state index contributed by atoms with van der Waals surface area (Å²) in [5.74, 6) is 1.18. The van der Waals surface area contributed by atoms with Gasteiger partial charge < -0.3 is 15.6 Å². The number of amides is 1. The maximum Gasteiger partial charge on any atom is 0.220 e. The Bertz CT molecular complexity index is 408. The molecule has 0 aliphatic heterocycles. The first-order valence-corrected chi connectivity index (χ1v) is 6.52. The smallest absolute Gasteiger partial charge is 0.220 e. The Labute approximate surface area is 107 Å². The van der Waals surface area contributed by atoms with Gasteiger partial charge in [-0.3, -0.25) is 4.79 Å². The second kappa shape index (κ2) is 5.52. The Morgan fingerprint density at radius 3 is 2.83 bits per heavy atom. The number of hydrogen-bond donors (Lipinski definition) is 2. The van der Waals surface area contributed by atoms with E-state index in [0.717, 1.165) is 36.3 Å². The number of carbonyl (C=O) groups is 1. The lowest BCUT2D eigenvalue weighted by molar-refractivity contribution is -0.122. The van der Waals surface area contributed by atoms with E-state index in [9.17, 15) is 4.79 Å². The topological polar surface area (TPSA) is 81.2 Å². The number of nitrogens with zero attached hydrogens (tertiary/aromatic N) is 1. The summed E-state index contributed by atoms with van der Waals surface area (Å²) in [6.45, 7) is 4.22. The van der Waals surface area contributed by atoms with Crippen molar-refractivity contribution < 1.29 is 9.32 Å². The molecule has 2 rings (SSSR count). The third-order valence-electron chi connectivity index (χ3n) is 3.81. The summed E-state index contributed by atoms with van der Waals surface area (Å²) in [7, 11) is 0. The molecule has 5 heteroatoms. The minimum absolute atomic E-state index is 0.0670. The van der Waals surface area contributed by atoms with Crippen molar-refractivity contribution in [2.75, 3.05) is 0 Å². The fraction of sp³-hybridized carbons (Fsp3) is 0.692. The third kappa shape index (κ3) is 2.90. The number of aryl methyl sites for hydroxylation is 2. The second-order valence-corrected chi connectivity index (χ2v) is 5.14. The van der Waals surface area contributed by atoms with Crippen LogP contribution in [-0.4, -0.2) is 17.1 Å². The molecule has 3 N–H and O–H groups in total. The number of aromatic nitrogens is 1. The number of nitrogens with two attached hydrogens (primary N) is 1. The molecule has 0 saturated heterocycles. The van der Waals surface area contributed by atoms with Crippen molar-refractivity contribution in [3.05, 3.63) is 17.0 Å². The summed E-state index contributed by atoms with van der Waals surface area (Å²) in [5.41, 5.74) is 7.77. The molecule has 18 heavy (non-hydrogen) atoms. The molecule has 5 nitrogen and oxygen atoms in total. The minimum Gasteiger partial charge on any atom is -0.361 e. The van der Waals surface area contributed by atoms with Gasteiger partial charge in [0.25, 0.3) is 0 Å². The van der Waals surface area contributed by atoms with Crippen LogP contribution < -0.4 is 11.1 Å². The highest BCUT2D eigenvalue weighted by Crippen LogP contribution is 2.26. The Morgan fingerprint density at radius 2 is 2.28 bits per heavy atom. The average molecular weight is 251 g/mol. The van der Waals surface area contributed by atoms with Crippen LogP contribution in [0.15, 0.2) is 4.52 Å². The van der Waals surface area contributed by atoms with Crippen LogP contribution in [0.2, 0.25) is 0 Å². The SMILES string of the molecule is Cc1noc(C)c1CNC(=O)C[C@@H]1CCC[C@H]1N. The van der Waals surface area contributed by atoms with Crippen LogP contribution in [0.3, 0.4) is 0 Å². The van der Waals surface area contributed by atoms with Crippen LogP contribution >= 0.6 is 0 Å². The van der Waals surface area contributed by atoms with Gasteiger partial charge in [0, 0.05) is 24.6 Å². The maximum atomic E-state index is 11.8. The molecule has 0 bridgehead atoms. The predicted molar refractivity (Wildman–Crippen MR) is 67.8 cm³/mol. The van der Waals surface area contributed by atoms with Gasteiger partial charge in [-0.15, -0.1) is 0 Å². The summed E-state index contributed by atoms with van der Waals surface area (Å²) in [5, 5.41) is 6.78. The van der Waals surface area contributed by atoms with Gasteiger partial charge in [0.1, 0.15) is 5.76 Å². The molecule has 0 spiro atoms. The highest BCUT2D eigenvalue weighted by atomic mass is 16.5. The van der Waals surface area contributed by atoms with Gasteiger partial charge in [0.15, 0.2) is 0 Å². The van der Waals surface area contributed by atoms with E-state index in [-0.39, 0.29) is 11.9 Å². The van der Waals surface area contributed by atoms with E-state index in [1.807, 2.05) is 13.8 Å². The van der Waals surface area contributed by atoms with Crippen molar-refractivity contribution in [1.29, 1.82) is 0 Å². The molecular formula is C13H21N3O2. The molecule has 1 aromatic heterocycles. The minimum atomic E-state index is 0.0670. The number of hydrogen-bond acceptors (Lipinski definition) is 4. The zero-order chi connectivity index (χ0) is 13.1.